The number of hydroxylamine groups is 1. The van der Waals surface area contributed by atoms with E-state index in [9.17, 15) is 14.4 Å². The molecule has 3 rings (SSSR count). The quantitative estimate of drug-likeness (QED) is 0.313. The summed E-state index contributed by atoms with van der Waals surface area (Å²) >= 11 is 3.08. The Hall–Kier alpha value is -3.04. The van der Waals surface area contributed by atoms with Gasteiger partial charge in [-0.2, -0.15) is 0 Å². The molecule has 0 aliphatic heterocycles. The van der Waals surface area contributed by atoms with Crippen LogP contribution in [0.1, 0.15) is 16.8 Å². The molecule has 9 heteroatoms. The first kappa shape index (κ1) is 20.7. The summed E-state index contributed by atoms with van der Waals surface area (Å²) in [6.45, 7) is 0. The molecule has 7 nitrogen and oxygen atoms in total. The molecule has 0 saturated heterocycles. The molecule has 0 aliphatic rings. The van der Waals surface area contributed by atoms with Gasteiger partial charge in [-0.25, -0.2) is 9.38 Å². The Bertz CT molecular complexity index is 1030. The van der Waals surface area contributed by atoms with Gasteiger partial charge in [0.05, 0.1) is 17.3 Å². The molecule has 150 valence electrons. The molecule has 0 fully saturated rings. The van der Waals surface area contributed by atoms with Crippen LogP contribution in [0.25, 0.3) is 0 Å². The van der Waals surface area contributed by atoms with Crippen molar-refractivity contribution in [2.24, 2.45) is 4.99 Å². The Morgan fingerprint density at radius 3 is 2.69 bits per heavy atom. The summed E-state index contributed by atoms with van der Waals surface area (Å²) in [5.41, 5.74) is 3.83. The molecule has 0 unspecified atom stereocenters. The number of hydrogen-bond acceptors (Lipinski definition) is 6. The van der Waals surface area contributed by atoms with E-state index in [0.29, 0.717) is 17.0 Å². The van der Waals surface area contributed by atoms with Gasteiger partial charge in [0, 0.05) is 18.4 Å². The lowest BCUT2D eigenvalue weighted by atomic mass is 10.0. The Morgan fingerprint density at radius 1 is 1.28 bits per heavy atom. The molecule has 0 amide bonds. The Kier molecular flexibility index (Phi) is 6.73. The molecule has 0 atom stereocenters. The van der Waals surface area contributed by atoms with Crippen molar-refractivity contribution in [2.75, 3.05) is 7.11 Å². The molecule has 0 bridgehead atoms. The smallest absolute Gasteiger partial charge is 0.180 e. The monoisotopic (exact) mass is 461 g/mol. The second-order valence-corrected chi connectivity index (χ2v) is 6.95. The van der Waals surface area contributed by atoms with Gasteiger partial charge < -0.3 is 9.26 Å². The maximum absolute atomic E-state index is 13.4. The highest BCUT2D eigenvalue weighted by Gasteiger charge is 2.18. The predicted molar refractivity (Wildman–Crippen MR) is 107 cm³/mol. The summed E-state index contributed by atoms with van der Waals surface area (Å²) in [6.07, 6.45) is 1.59. The van der Waals surface area contributed by atoms with Crippen molar-refractivity contribution in [1.29, 1.82) is 0 Å². The highest BCUT2D eigenvalue weighted by Crippen LogP contribution is 2.23. The number of halogens is 2. The lowest BCUT2D eigenvalue weighted by Gasteiger charge is -2.06. The predicted octanol–water partition coefficient (Wildman–Crippen LogP) is 4.00. The highest BCUT2D eigenvalue weighted by atomic mass is 79.9. The molecule has 0 saturated carbocycles. The van der Waals surface area contributed by atoms with Gasteiger partial charge in [0.2, 0.25) is 0 Å². The van der Waals surface area contributed by atoms with E-state index in [-0.39, 0.29) is 34.6 Å². The van der Waals surface area contributed by atoms with Crippen LogP contribution >= 0.6 is 15.9 Å². The van der Waals surface area contributed by atoms with Crippen molar-refractivity contribution in [3.63, 3.8) is 0 Å². The average Bonchev–Trinajstić information content (AvgIpc) is 3.17. The van der Waals surface area contributed by atoms with Gasteiger partial charge >= 0.3 is 0 Å². The molecule has 0 radical (unpaired) electrons. The number of rotatable bonds is 7. The summed E-state index contributed by atoms with van der Waals surface area (Å²) < 4.78 is 23.7. The number of hydrogen-bond donors (Lipinski definition) is 2. The van der Waals surface area contributed by atoms with E-state index >= 15 is 0 Å². The number of benzene rings is 2. The van der Waals surface area contributed by atoms with Gasteiger partial charge in [-0.1, -0.05) is 17.3 Å². The number of ketones is 1. The summed E-state index contributed by atoms with van der Waals surface area (Å²) in [4.78, 5) is 16.7. The molecule has 1 heterocycles. The highest BCUT2D eigenvalue weighted by molar-refractivity contribution is 9.10. The second kappa shape index (κ2) is 9.44. The molecule has 0 spiro atoms. The third-order valence-corrected chi connectivity index (χ3v) is 4.67. The number of methoxy groups -OCH3 is 1. The van der Waals surface area contributed by atoms with Crippen molar-refractivity contribution in [3.05, 3.63) is 75.8 Å². The SMILES string of the molecule is COc1ccc(CC(=O)Cc2conc2C(=Nc2ccc(F)c(Br)c2)NO)cc1. The van der Waals surface area contributed by atoms with Crippen molar-refractivity contribution >= 4 is 33.2 Å². The summed E-state index contributed by atoms with van der Waals surface area (Å²) in [5, 5.41) is 13.3. The van der Waals surface area contributed by atoms with Crippen LogP contribution in [-0.4, -0.2) is 29.1 Å². The number of aromatic nitrogens is 1. The molecular weight excluding hydrogens is 445 g/mol. The van der Waals surface area contributed by atoms with Crippen molar-refractivity contribution < 1.29 is 23.7 Å². The summed E-state index contributed by atoms with van der Waals surface area (Å²) in [7, 11) is 1.58. The maximum atomic E-state index is 13.4. The molecule has 3 aromatic rings. The minimum atomic E-state index is -0.436. The number of nitrogens with zero attached hydrogens (tertiary/aromatic N) is 2. The second-order valence-electron chi connectivity index (χ2n) is 6.10. The first-order valence-electron chi connectivity index (χ1n) is 8.52. The average molecular weight is 462 g/mol. The largest absolute Gasteiger partial charge is 0.497 e. The fourth-order valence-electron chi connectivity index (χ4n) is 2.64. The number of amidine groups is 1. The van der Waals surface area contributed by atoms with Gasteiger partial charge in [0.1, 0.15) is 23.6 Å². The van der Waals surface area contributed by atoms with Crippen LogP contribution in [0.5, 0.6) is 5.75 Å². The van der Waals surface area contributed by atoms with Crippen LogP contribution in [0.4, 0.5) is 10.1 Å². The van der Waals surface area contributed by atoms with Crippen molar-refractivity contribution in [2.45, 2.75) is 12.8 Å². The van der Waals surface area contributed by atoms with Crippen LogP contribution in [-0.2, 0) is 17.6 Å². The van der Waals surface area contributed by atoms with Gasteiger partial charge in [-0.05, 0) is 51.8 Å². The number of aliphatic imine (C=N–C) groups is 1. The van der Waals surface area contributed by atoms with E-state index in [0.717, 1.165) is 5.56 Å². The van der Waals surface area contributed by atoms with Crippen LogP contribution < -0.4 is 10.2 Å². The van der Waals surface area contributed by atoms with E-state index < -0.39 is 5.82 Å². The zero-order valence-electron chi connectivity index (χ0n) is 15.4. The lowest BCUT2D eigenvalue weighted by Crippen LogP contribution is -2.22. The molecule has 29 heavy (non-hydrogen) atoms. The Balaban J connectivity index is 1.76. The summed E-state index contributed by atoms with van der Waals surface area (Å²) in [6, 6.07) is 11.3. The van der Waals surface area contributed by atoms with E-state index in [4.69, 9.17) is 9.26 Å². The lowest BCUT2D eigenvalue weighted by molar-refractivity contribution is -0.117. The van der Waals surface area contributed by atoms with Crippen LogP contribution in [0.15, 0.2) is 62.7 Å². The fourth-order valence-corrected chi connectivity index (χ4v) is 3.01. The van der Waals surface area contributed by atoms with Crippen LogP contribution in [0.2, 0.25) is 0 Å². The number of Topliss-reactive ketones (excluding diaryl/α,β-unsaturated/α-hetero) is 1. The first-order chi connectivity index (χ1) is 14.0. The van der Waals surface area contributed by atoms with E-state index in [2.05, 4.69) is 26.1 Å². The Morgan fingerprint density at radius 2 is 2.03 bits per heavy atom. The van der Waals surface area contributed by atoms with Crippen molar-refractivity contribution in [3.8, 4) is 5.75 Å². The summed E-state index contributed by atoms with van der Waals surface area (Å²) in [5.74, 6) is 0.185. The van der Waals surface area contributed by atoms with Crippen molar-refractivity contribution in [1.82, 2.24) is 10.6 Å². The van der Waals surface area contributed by atoms with Gasteiger partial charge in [-0.15, -0.1) is 0 Å². The van der Waals surface area contributed by atoms with E-state index in [1.54, 1.807) is 19.2 Å². The third kappa shape index (κ3) is 5.27. The van der Waals surface area contributed by atoms with Gasteiger partial charge in [0.15, 0.2) is 11.5 Å². The number of carbonyl (C=O) groups excluding carboxylic acids is 1. The maximum Gasteiger partial charge on any atom is 0.180 e. The minimum Gasteiger partial charge on any atom is -0.497 e. The first-order valence-corrected chi connectivity index (χ1v) is 9.31. The fraction of sp³-hybridized carbons (Fsp3) is 0.150. The number of ether oxygens (including phenoxy) is 1. The van der Waals surface area contributed by atoms with E-state index in [1.165, 1.54) is 24.5 Å². The van der Waals surface area contributed by atoms with E-state index in [1.807, 2.05) is 17.6 Å². The third-order valence-electron chi connectivity index (χ3n) is 4.07. The standard InChI is InChI=1S/C20H17BrFN3O4/c1-28-16-5-2-12(3-6-16)8-15(26)9-13-11-29-25-19(13)20(24-27)23-14-4-7-18(22)17(21)10-14/h2-7,10-11,27H,8-9H2,1H3,(H,23,24). The molecule has 1 aromatic heterocycles. The topological polar surface area (TPSA) is 97.0 Å². The molecule has 2 N–H and O–H groups in total. The zero-order chi connectivity index (χ0) is 20.8. The van der Waals surface area contributed by atoms with Crippen LogP contribution in [0, 0.1) is 5.82 Å². The number of carbonyl (C=O) groups is 1. The van der Waals surface area contributed by atoms with Gasteiger partial charge in [-0.3, -0.25) is 15.5 Å². The molecule has 0 aliphatic carbocycles. The molecule has 2 aromatic carbocycles. The Labute approximate surface area is 174 Å². The minimum absolute atomic E-state index is 0.0236. The molecular formula is C20H17BrFN3O4. The van der Waals surface area contributed by atoms with Crippen LogP contribution in [0.3, 0.4) is 0 Å². The van der Waals surface area contributed by atoms with Gasteiger partial charge in [0.25, 0.3) is 0 Å². The number of nitrogens with one attached hydrogen (secondary N) is 1. The zero-order valence-corrected chi connectivity index (χ0v) is 16.9. The normalized spacial score (nSPS) is 11.4.